The van der Waals surface area contributed by atoms with Crippen LogP contribution in [0.1, 0.15) is 33.5 Å². The second-order valence-electron chi connectivity index (χ2n) is 8.34. The van der Waals surface area contributed by atoms with Crippen molar-refractivity contribution in [3.63, 3.8) is 0 Å². The highest BCUT2D eigenvalue weighted by molar-refractivity contribution is 6.01. The van der Waals surface area contributed by atoms with Crippen molar-refractivity contribution in [3.8, 4) is 0 Å². The number of amides is 1. The Balaban J connectivity index is 1.46. The van der Waals surface area contributed by atoms with Crippen molar-refractivity contribution in [1.82, 2.24) is 34.1 Å². The molecule has 5 aromatic heterocycles. The van der Waals surface area contributed by atoms with Gasteiger partial charge in [-0.1, -0.05) is 0 Å². The topological polar surface area (TPSA) is 86.8 Å². The Morgan fingerprint density at radius 1 is 1.21 bits per heavy atom. The molecule has 0 bridgehead atoms. The largest absolute Gasteiger partial charge is 0.376 e. The molecule has 5 aromatic rings. The molecule has 0 spiro atoms. The Labute approximate surface area is 188 Å². The maximum atomic E-state index is 14.4. The van der Waals surface area contributed by atoms with Crippen LogP contribution in [-0.4, -0.2) is 60.6 Å². The molecule has 0 aromatic carbocycles. The Hall–Kier alpha value is -4.21. The molecule has 1 atom stereocenters. The minimum Gasteiger partial charge on any atom is -0.376 e. The van der Waals surface area contributed by atoms with Crippen molar-refractivity contribution in [2.45, 2.75) is 12.5 Å². The van der Waals surface area contributed by atoms with Crippen LogP contribution in [0.15, 0.2) is 55.2 Å². The van der Waals surface area contributed by atoms with Crippen LogP contribution >= 0.6 is 0 Å². The molecule has 0 saturated heterocycles. The van der Waals surface area contributed by atoms with Gasteiger partial charge in [-0.15, -0.1) is 0 Å². The molecule has 0 saturated carbocycles. The summed E-state index contributed by atoms with van der Waals surface area (Å²) in [5, 5.41) is 8.99. The van der Waals surface area contributed by atoms with E-state index in [-0.39, 0.29) is 11.7 Å². The Morgan fingerprint density at radius 3 is 2.91 bits per heavy atom. The van der Waals surface area contributed by atoms with E-state index in [1.165, 1.54) is 10.6 Å². The number of aromatic amines is 1. The van der Waals surface area contributed by atoms with E-state index in [9.17, 15) is 9.18 Å². The Morgan fingerprint density at radius 2 is 2.09 bits per heavy atom. The fraction of sp³-hybridized carbons (Fsp3) is 0.217. The zero-order valence-corrected chi connectivity index (χ0v) is 18.1. The minimum atomic E-state index is -0.539. The average molecular weight is 444 g/mol. The van der Waals surface area contributed by atoms with Crippen LogP contribution in [0, 0.1) is 5.82 Å². The number of fused-ring (bicyclic) bond motifs is 3. The number of carbonyl (C=O) groups excluding carboxylic acids is 1. The summed E-state index contributed by atoms with van der Waals surface area (Å²) >= 11 is 0. The lowest BCUT2D eigenvalue weighted by molar-refractivity contribution is 0.0689. The number of imidazole rings is 1. The van der Waals surface area contributed by atoms with Gasteiger partial charge in [-0.3, -0.25) is 4.79 Å². The number of pyridine rings is 2. The van der Waals surface area contributed by atoms with Gasteiger partial charge in [0.15, 0.2) is 0 Å². The number of rotatable bonds is 3. The van der Waals surface area contributed by atoms with E-state index in [2.05, 4.69) is 20.2 Å². The number of aromatic nitrogens is 6. The summed E-state index contributed by atoms with van der Waals surface area (Å²) in [4.78, 5) is 25.2. The van der Waals surface area contributed by atoms with Crippen LogP contribution in [-0.2, 0) is 6.42 Å². The zero-order valence-electron chi connectivity index (χ0n) is 18.1. The van der Waals surface area contributed by atoms with Gasteiger partial charge in [-0.2, -0.15) is 10.2 Å². The van der Waals surface area contributed by atoms with Gasteiger partial charge in [0, 0.05) is 39.0 Å². The molecular formula is C23H21FN8O. The summed E-state index contributed by atoms with van der Waals surface area (Å²) in [6, 6.07) is 7.99. The van der Waals surface area contributed by atoms with E-state index >= 15 is 0 Å². The number of hydrogen-bond acceptors (Lipinski definition) is 5. The molecule has 166 valence electrons. The summed E-state index contributed by atoms with van der Waals surface area (Å²) in [5.41, 5.74) is 4.80. The normalized spacial score (nSPS) is 15.8. The highest BCUT2D eigenvalue weighted by Crippen LogP contribution is 2.35. The molecule has 6 rings (SSSR count). The van der Waals surface area contributed by atoms with Crippen molar-refractivity contribution in [2.24, 2.45) is 0 Å². The number of halogens is 1. The smallest absolute Gasteiger partial charge is 0.258 e. The number of carbonyl (C=O) groups is 1. The van der Waals surface area contributed by atoms with Crippen LogP contribution < -0.4 is 4.90 Å². The number of hydrogen-bond donors (Lipinski definition) is 1. The fourth-order valence-electron chi connectivity index (χ4n) is 4.49. The standard InChI is InChI=1S/C23H21FN8O/c1-29(2)14-5-6-19-15(11-27-32(19)12-14)23(33)30-9-7-17-21(26-13-25-17)22(30)18-10-20-16(24)4-3-8-31(20)28-18/h3-6,8,10-13,22H,7,9H2,1-2H3,(H,25,26). The first-order valence-corrected chi connectivity index (χ1v) is 10.6. The molecule has 1 N–H and O–H groups in total. The number of H-pyrrole nitrogens is 1. The first kappa shape index (κ1) is 19.5. The minimum absolute atomic E-state index is 0.168. The summed E-state index contributed by atoms with van der Waals surface area (Å²) in [6.45, 7) is 0.474. The van der Waals surface area contributed by atoms with Crippen LogP contribution in [0.4, 0.5) is 10.1 Å². The SMILES string of the molecule is CN(C)c1ccc2c(C(=O)N3CCc4[nH]cnc4C3c3cc4c(F)cccn4n3)cnn2c1. The van der Waals surface area contributed by atoms with Crippen molar-refractivity contribution in [1.29, 1.82) is 0 Å². The molecule has 1 unspecified atom stereocenters. The first-order chi connectivity index (χ1) is 16.0. The lowest BCUT2D eigenvalue weighted by atomic mass is 9.98. The Bertz CT molecular complexity index is 1510. The van der Waals surface area contributed by atoms with Crippen LogP contribution in [0.3, 0.4) is 0 Å². The molecule has 1 amide bonds. The van der Waals surface area contributed by atoms with Gasteiger partial charge in [0.25, 0.3) is 5.91 Å². The van der Waals surface area contributed by atoms with Gasteiger partial charge in [-0.25, -0.2) is 18.4 Å². The first-order valence-electron chi connectivity index (χ1n) is 10.6. The molecule has 9 nitrogen and oxygen atoms in total. The summed E-state index contributed by atoms with van der Waals surface area (Å²) in [5.74, 6) is -0.537. The predicted octanol–water partition coefficient (Wildman–Crippen LogP) is 2.70. The zero-order chi connectivity index (χ0) is 22.7. The van der Waals surface area contributed by atoms with Crippen molar-refractivity contribution < 1.29 is 9.18 Å². The van der Waals surface area contributed by atoms with Crippen molar-refractivity contribution in [2.75, 3.05) is 25.5 Å². The van der Waals surface area contributed by atoms with Crippen molar-refractivity contribution in [3.05, 3.63) is 83.7 Å². The third-order valence-electron chi connectivity index (χ3n) is 6.18. The number of anilines is 1. The van der Waals surface area contributed by atoms with E-state index in [4.69, 9.17) is 0 Å². The molecule has 1 aliphatic heterocycles. The van der Waals surface area contributed by atoms with Gasteiger partial charge >= 0.3 is 0 Å². The highest BCUT2D eigenvalue weighted by atomic mass is 19.1. The van der Waals surface area contributed by atoms with E-state index in [1.54, 1.807) is 40.3 Å². The quantitative estimate of drug-likeness (QED) is 0.462. The molecule has 33 heavy (non-hydrogen) atoms. The molecule has 0 fully saturated rings. The molecule has 0 radical (unpaired) electrons. The van der Waals surface area contributed by atoms with Crippen LogP contribution in [0.5, 0.6) is 0 Å². The van der Waals surface area contributed by atoms with Gasteiger partial charge in [0.2, 0.25) is 0 Å². The second kappa shape index (κ2) is 7.16. The maximum absolute atomic E-state index is 14.4. The van der Waals surface area contributed by atoms with Crippen LogP contribution in [0.2, 0.25) is 0 Å². The molecular weight excluding hydrogens is 423 g/mol. The third-order valence-corrected chi connectivity index (χ3v) is 6.18. The molecule has 10 heteroatoms. The van der Waals surface area contributed by atoms with E-state index in [0.29, 0.717) is 29.7 Å². The lowest BCUT2D eigenvalue weighted by Gasteiger charge is -2.33. The van der Waals surface area contributed by atoms with Crippen molar-refractivity contribution >= 4 is 22.6 Å². The summed E-state index contributed by atoms with van der Waals surface area (Å²) < 4.78 is 17.6. The molecule has 6 heterocycles. The maximum Gasteiger partial charge on any atom is 0.258 e. The monoisotopic (exact) mass is 444 g/mol. The highest BCUT2D eigenvalue weighted by Gasteiger charge is 2.37. The average Bonchev–Trinajstić information content (AvgIpc) is 3.55. The summed E-state index contributed by atoms with van der Waals surface area (Å²) in [7, 11) is 3.91. The molecule has 1 aliphatic rings. The summed E-state index contributed by atoms with van der Waals surface area (Å²) in [6.07, 6.45) is 7.44. The van der Waals surface area contributed by atoms with E-state index in [1.807, 2.05) is 37.3 Å². The van der Waals surface area contributed by atoms with E-state index in [0.717, 1.165) is 22.6 Å². The Kier molecular flexibility index (Phi) is 4.22. The lowest BCUT2D eigenvalue weighted by Crippen LogP contribution is -2.41. The number of nitrogens with one attached hydrogen (secondary N) is 1. The van der Waals surface area contributed by atoms with Gasteiger partial charge in [0.05, 0.1) is 46.9 Å². The third kappa shape index (κ3) is 2.98. The van der Waals surface area contributed by atoms with Gasteiger partial charge in [-0.05, 0) is 30.3 Å². The predicted molar refractivity (Wildman–Crippen MR) is 120 cm³/mol. The van der Waals surface area contributed by atoms with E-state index < -0.39 is 6.04 Å². The fourth-order valence-corrected chi connectivity index (χ4v) is 4.49. The van der Waals surface area contributed by atoms with Gasteiger partial charge < -0.3 is 14.8 Å². The van der Waals surface area contributed by atoms with Crippen LogP contribution in [0.25, 0.3) is 11.0 Å². The number of nitrogens with zero attached hydrogens (tertiary/aromatic N) is 7. The molecule has 0 aliphatic carbocycles. The van der Waals surface area contributed by atoms with Gasteiger partial charge in [0.1, 0.15) is 17.4 Å². The second-order valence-corrected chi connectivity index (χ2v) is 8.34.